The molecular weight excluding hydrogens is 393 g/mol. The molecule has 0 saturated carbocycles. The van der Waals surface area contributed by atoms with E-state index in [4.69, 9.17) is 9.26 Å². The van der Waals surface area contributed by atoms with Crippen LogP contribution in [0.15, 0.2) is 29.0 Å². The Labute approximate surface area is 170 Å². The predicted molar refractivity (Wildman–Crippen MR) is 105 cm³/mol. The number of morpholine rings is 1. The van der Waals surface area contributed by atoms with Crippen molar-refractivity contribution < 1.29 is 14.1 Å². The molecular formula is C17H25Cl2N5O3. The number of amides is 1. The predicted octanol–water partition coefficient (Wildman–Crippen LogP) is 2.17. The Morgan fingerprint density at radius 3 is 2.70 bits per heavy atom. The molecule has 1 aliphatic heterocycles. The highest BCUT2D eigenvalue weighted by Gasteiger charge is 2.26. The molecule has 0 spiro atoms. The number of hydrogen-bond acceptors (Lipinski definition) is 7. The Morgan fingerprint density at radius 1 is 1.33 bits per heavy atom. The molecule has 27 heavy (non-hydrogen) atoms. The van der Waals surface area contributed by atoms with E-state index in [0.717, 1.165) is 12.1 Å². The zero-order valence-corrected chi connectivity index (χ0v) is 16.9. The molecule has 150 valence electrons. The smallest absolute Gasteiger partial charge is 0.249 e. The van der Waals surface area contributed by atoms with Crippen molar-refractivity contribution in [2.24, 2.45) is 5.92 Å². The number of carbonyl (C=O) groups is 1. The molecule has 3 rings (SSSR count). The summed E-state index contributed by atoms with van der Waals surface area (Å²) in [7, 11) is 0. The van der Waals surface area contributed by atoms with Gasteiger partial charge in [-0.25, -0.2) is 0 Å². The Hall–Kier alpha value is -1.74. The molecule has 1 aliphatic rings. The third-order valence-electron chi connectivity index (χ3n) is 4.06. The van der Waals surface area contributed by atoms with Gasteiger partial charge < -0.3 is 19.9 Å². The Morgan fingerprint density at radius 2 is 2.07 bits per heavy atom. The van der Waals surface area contributed by atoms with Crippen LogP contribution in [0.4, 0.5) is 0 Å². The van der Waals surface area contributed by atoms with Crippen LogP contribution < -0.4 is 10.6 Å². The first kappa shape index (κ1) is 23.3. The van der Waals surface area contributed by atoms with Crippen LogP contribution in [-0.2, 0) is 9.53 Å². The zero-order valence-electron chi connectivity index (χ0n) is 15.3. The highest BCUT2D eigenvalue weighted by molar-refractivity contribution is 5.85. The summed E-state index contributed by atoms with van der Waals surface area (Å²) in [6.07, 6.45) is 3.70. The molecule has 2 unspecified atom stereocenters. The van der Waals surface area contributed by atoms with E-state index >= 15 is 0 Å². The van der Waals surface area contributed by atoms with E-state index in [2.05, 4.69) is 25.8 Å². The first-order chi connectivity index (χ1) is 12.1. The number of ether oxygens (including phenoxy) is 1. The van der Waals surface area contributed by atoms with Crippen LogP contribution in [-0.4, -0.2) is 46.8 Å². The van der Waals surface area contributed by atoms with Gasteiger partial charge in [0.15, 0.2) is 0 Å². The van der Waals surface area contributed by atoms with E-state index in [0.29, 0.717) is 31.3 Å². The van der Waals surface area contributed by atoms with Gasteiger partial charge in [0.2, 0.25) is 17.6 Å². The van der Waals surface area contributed by atoms with Crippen LogP contribution in [0.2, 0.25) is 0 Å². The fourth-order valence-corrected chi connectivity index (χ4v) is 2.70. The fraction of sp³-hybridized carbons (Fsp3) is 0.529. The van der Waals surface area contributed by atoms with Gasteiger partial charge in [-0.2, -0.15) is 4.98 Å². The van der Waals surface area contributed by atoms with Crippen molar-refractivity contribution in [1.82, 2.24) is 25.8 Å². The van der Waals surface area contributed by atoms with Gasteiger partial charge in [-0.3, -0.25) is 9.78 Å². The number of halogens is 2. The van der Waals surface area contributed by atoms with Crippen LogP contribution in [0.1, 0.15) is 32.2 Å². The number of nitrogens with one attached hydrogen (secondary N) is 2. The van der Waals surface area contributed by atoms with Crippen LogP contribution >= 0.6 is 24.8 Å². The standard InChI is InChI=1S/C17H23N5O3.2ClH/c1-11(2)15(20-14(23)9-13-10-24-8-7-19-13)17-21-16(22-25-17)12-3-5-18-6-4-12;;/h3-6,11,13,15,19H,7-10H2,1-2H3,(H,20,23);2*1H. The van der Waals surface area contributed by atoms with Crippen LogP contribution in [0.25, 0.3) is 11.4 Å². The number of carbonyl (C=O) groups excluding carboxylic acids is 1. The minimum absolute atomic E-state index is 0. The lowest BCUT2D eigenvalue weighted by Crippen LogP contribution is -2.45. The molecule has 1 amide bonds. The summed E-state index contributed by atoms with van der Waals surface area (Å²) in [4.78, 5) is 20.8. The van der Waals surface area contributed by atoms with E-state index in [1.807, 2.05) is 26.0 Å². The summed E-state index contributed by atoms with van der Waals surface area (Å²) in [5.41, 5.74) is 0.822. The Balaban J connectivity index is 0.00000182. The number of nitrogens with zero attached hydrogens (tertiary/aromatic N) is 3. The molecule has 0 aromatic carbocycles. The van der Waals surface area contributed by atoms with E-state index in [1.54, 1.807) is 12.4 Å². The summed E-state index contributed by atoms with van der Waals surface area (Å²) < 4.78 is 10.8. The monoisotopic (exact) mass is 417 g/mol. The van der Waals surface area contributed by atoms with Crippen molar-refractivity contribution in [3.63, 3.8) is 0 Å². The lowest BCUT2D eigenvalue weighted by Gasteiger charge is -2.25. The lowest BCUT2D eigenvalue weighted by molar-refractivity contribution is -0.123. The summed E-state index contributed by atoms with van der Waals surface area (Å²) in [6.45, 7) is 6.01. The van der Waals surface area contributed by atoms with Gasteiger partial charge >= 0.3 is 0 Å². The van der Waals surface area contributed by atoms with E-state index < -0.39 is 0 Å². The fourth-order valence-electron chi connectivity index (χ4n) is 2.70. The summed E-state index contributed by atoms with van der Waals surface area (Å²) >= 11 is 0. The molecule has 2 N–H and O–H groups in total. The van der Waals surface area contributed by atoms with Gasteiger partial charge in [0.25, 0.3) is 0 Å². The van der Waals surface area contributed by atoms with E-state index in [1.165, 1.54) is 0 Å². The zero-order chi connectivity index (χ0) is 17.6. The molecule has 2 aromatic heterocycles. The normalized spacial score (nSPS) is 17.5. The van der Waals surface area contributed by atoms with Gasteiger partial charge in [-0.1, -0.05) is 19.0 Å². The number of pyridine rings is 1. The topological polar surface area (TPSA) is 102 Å². The first-order valence-electron chi connectivity index (χ1n) is 8.48. The minimum Gasteiger partial charge on any atom is -0.378 e. The number of hydrogen-bond donors (Lipinski definition) is 2. The summed E-state index contributed by atoms with van der Waals surface area (Å²) in [5, 5.41) is 10.3. The average Bonchev–Trinajstić information content (AvgIpc) is 3.11. The highest BCUT2D eigenvalue weighted by Crippen LogP contribution is 2.23. The Kier molecular flexibility index (Phi) is 9.65. The quantitative estimate of drug-likeness (QED) is 0.741. The maximum atomic E-state index is 12.4. The van der Waals surface area contributed by atoms with Crippen molar-refractivity contribution in [3.8, 4) is 11.4 Å². The molecule has 1 fully saturated rings. The second kappa shape index (κ2) is 11.2. The van der Waals surface area contributed by atoms with Crippen molar-refractivity contribution in [3.05, 3.63) is 30.4 Å². The largest absolute Gasteiger partial charge is 0.378 e. The van der Waals surface area contributed by atoms with Gasteiger partial charge in [0, 0.05) is 37.0 Å². The van der Waals surface area contributed by atoms with Crippen molar-refractivity contribution in [1.29, 1.82) is 0 Å². The second-order valence-corrected chi connectivity index (χ2v) is 6.41. The van der Waals surface area contributed by atoms with Crippen molar-refractivity contribution in [2.75, 3.05) is 19.8 Å². The maximum Gasteiger partial charge on any atom is 0.249 e. The van der Waals surface area contributed by atoms with Crippen molar-refractivity contribution in [2.45, 2.75) is 32.4 Å². The molecule has 1 saturated heterocycles. The lowest BCUT2D eigenvalue weighted by atomic mass is 10.0. The first-order valence-corrected chi connectivity index (χ1v) is 8.48. The van der Waals surface area contributed by atoms with E-state index in [-0.39, 0.29) is 48.7 Å². The summed E-state index contributed by atoms with van der Waals surface area (Å²) in [5.74, 6) is 0.943. The third-order valence-corrected chi connectivity index (χ3v) is 4.06. The Bertz CT molecular complexity index is 693. The number of rotatable bonds is 6. The average molecular weight is 418 g/mol. The highest BCUT2D eigenvalue weighted by atomic mass is 35.5. The minimum atomic E-state index is -0.333. The molecule has 8 nitrogen and oxygen atoms in total. The van der Waals surface area contributed by atoms with Gasteiger partial charge in [0.1, 0.15) is 6.04 Å². The molecule has 2 atom stereocenters. The number of aromatic nitrogens is 3. The molecule has 10 heteroatoms. The van der Waals surface area contributed by atoms with Crippen LogP contribution in [0.3, 0.4) is 0 Å². The summed E-state index contributed by atoms with van der Waals surface area (Å²) in [6, 6.07) is 3.33. The molecule has 0 aliphatic carbocycles. The van der Waals surface area contributed by atoms with Gasteiger partial charge in [0.05, 0.1) is 13.2 Å². The SMILES string of the molecule is CC(C)C(NC(=O)CC1COCCN1)c1nc(-c2ccncc2)no1.Cl.Cl. The third kappa shape index (κ3) is 6.42. The van der Waals surface area contributed by atoms with Gasteiger partial charge in [-0.15, -0.1) is 24.8 Å². The molecule has 3 heterocycles. The van der Waals surface area contributed by atoms with Crippen LogP contribution in [0.5, 0.6) is 0 Å². The van der Waals surface area contributed by atoms with Crippen LogP contribution in [0, 0.1) is 5.92 Å². The van der Waals surface area contributed by atoms with Gasteiger partial charge in [-0.05, 0) is 18.1 Å². The van der Waals surface area contributed by atoms with E-state index in [9.17, 15) is 4.79 Å². The molecule has 2 aromatic rings. The van der Waals surface area contributed by atoms with Crippen molar-refractivity contribution >= 4 is 30.7 Å². The molecule has 0 radical (unpaired) electrons. The molecule has 0 bridgehead atoms. The second-order valence-electron chi connectivity index (χ2n) is 6.41. The maximum absolute atomic E-state index is 12.4.